The van der Waals surface area contributed by atoms with Crippen LogP contribution in [0.1, 0.15) is 142 Å². The predicted octanol–water partition coefficient (Wildman–Crippen LogP) is 10.0. The topological polar surface area (TPSA) is 160 Å². The SMILES string of the molecule is CCCCC/C=C\C[C@@H](O)/C=C/C=C/C=C\[C@@H](O)CCCC(=O)OC[C@H](COP(=O)(O)O)OC(=O)CCC/C=C\C/C=C\C/C=C\CCCCCCCC. The molecule has 0 aliphatic rings. The number of phosphoric acid groups is 1. The van der Waals surface area contributed by atoms with Crippen LogP contribution in [-0.4, -0.2) is 63.5 Å². The van der Waals surface area contributed by atoms with Crippen molar-refractivity contribution in [3.63, 3.8) is 0 Å². The number of ether oxygens (including phenoxy) is 2. The Morgan fingerprint density at radius 1 is 0.593 bits per heavy atom. The lowest BCUT2D eigenvalue weighted by Crippen LogP contribution is -2.29. The first-order chi connectivity index (χ1) is 26.1. The molecule has 0 amide bonds. The van der Waals surface area contributed by atoms with E-state index in [9.17, 15) is 24.4 Å². The van der Waals surface area contributed by atoms with Crippen LogP contribution in [0, 0.1) is 0 Å². The monoisotopic (exact) mass is 778 g/mol. The summed E-state index contributed by atoms with van der Waals surface area (Å²) in [6.45, 7) is 3.35. The number of aliphatic hydroxyl groups excluding tert-OH is 2. The van der Waals surface area contributed by atoms with E-state index in [-0.39, 0.29) is 12.8 Å². The van der Waals surface area contributed by atoms with Gasteiger partial charge in [-0.05, 0) is 70.6 Å². The highest BCUT2D eigenvalue weighted by atomic mass is 31.2. The molecule has 0 heterocycles. The van der Waals surface area contributed by atoms with E-state index in [1.807, 2.05) is 18.2 Å². The average molecular weight is 779 g/mol. The summed E-state index contributed by atoms with van der Waals surface area (Å²) in [6, 6.07) is 0. The molecule has 308 valence electrons. The summed E-state index contributed by atoms with van der Waals surface area (Å²) in [7, 11) is -4.83. The third-order valence-corrected chi connectivity index (χ3v) is 8.56. The Kier molecular flexibility index (Phi) is 35.1. The largest absolute Gasteiger partial charge is 0.469 e. The molecular formula is C43H71O10P. The highest BCUT2D eigenvalue weighted by Crippen LogP contribution is 2.36. The zero-order valence-corrected chi connectivity index (χ0v) is 34.0. The predicted molar refractivity (Wildman–Crippen MR) is 219 cm³/mol. The molecule has 0 fully saturated rings. The van der Waals surface area contributed by atoms with Gasteiger partial charge in [-0.15, -0.1) is 0 Å². The molecule has 0 saturated carbocycles. The van der Waals surface area contributed by atoms with E-state index in [2.05, 4.69) is 48.8 Å². The van der Waals surface area contributed by atoms with Gasteiger partial charge < -0.3 is 29.5 Å². The molecule has 0 spiro atoms. The van der Waals surface area contributed by atoms with Crippen LogP contribution in [0.25, 0.3) is 0 Å². The molecule has 54 heavy (non-hydrogen) atoms. The Hall–Kier alpha value is -2.85. The van der Waals surface area contributed by atoms with Crippen LogP contribution < -0.4 is 0 Å². The molecule has 0 bridgehead atoms. The van der Waals surface area contributed by atoms with E-state index in [0.29, 0.717) is 32.1 Å². The Balaban J connectivity index is 4.31. The van der Waals surface area contributed by atoms with E-state index < -0.39 is 51.3 Å². The highest BCUT2D eigenvalue weighted by molar-refractivity contribution is 7.46. The molecule has 11 heteroatoms. The number of hydrogen-bond donors (Lipinski definition) is 4. The van der Waals surface area contributed by atoms with Crippen molar-refractivity contribution < 1.29 is 48.2 Å². The van der Waals surface area contributed by atoms with Gasteiger partial charge in [0.05, 0.1) is 18.8 Å². The van der Waals surface area contributed by atoms with Gasteiger partial charge in [0.1, 0.15) is 6.61 Å². The fourth-order valence-corrected chi connectivity index (χ4v) is 5.35. The summed E-state index contributed by atoms with van der Waals surface area (Å²) in [5.74, 6) is -1.20. The van der Waals surface area contributed by atoms with Crippen LogP contribution in [0.5, 0.6) is 0 Å². The van der Waals surface area contributed by atoms with Crippen molar-refractivity contribution in [2.24, 2.45) is 0 Å². The van der Waals surface area contributed by atoms with Crippen molar-refractivity contribution >= 4 is 19.8 Å². The molecule has 0 radical (unpaired) electrons. The second kappa shape index (κ2) is 37.1. The summed E-state index contributed by atoms with van der Waals surface area (Å²) in [6.07, 6.45) is 42.3. The Bertz CT molecular complexity index is 1180. The van der Waals surface area contributed by atoms with E-state index in [1.54, 1.807) is 36.5 Å². The molecule has 0 rings (SSSR count). The molecule has 10 nitrogen and oxygen atoms in total. The van der Waals surface area contributed by atoms with Crippen LogP contribution in [-0.2, 0) is 28.2 Å². The van der Waals surface area contributed by atoms with Crippen molar-refractivity contribution in [3.05, 3.63) is 85.1 Å². The number of hydrogen-bond acceptors (Lipinski definition) is 8. The minimum atomic E-state index is -4.83. The highest BCUT2D eigenvalue weighted by Gasteiger charge is 2.23. The third kappa shape index (κ3) is 38.9. The first-order valence-corrected chi connectivity index (χ1v) is 21.6. The zero-order valence-electron chi connectivity index (χ0n) is 33.1. The molecule has 3 atom stereocenters. The van der Waals surface area contributed by atoms with Gasteiger partial charge in [-0.2, -0.15) is 0 Å². The Morgan fingerprint density at radius 2 is 1.11 bits per heavy atom. The smallest absolute Gasteiger partial charge is 0.462 e. The Morgan fingerprint density at radius 3 is 1.76 bits per heavy atom. The van der Waals surface area contributed by atoms with Gasteiger partial charge in [0.15, 0.2) is 6.10 Å². The lowest BCUT2D eigenvalue weighted by Gasteiger charge is -2.18. The third-order valence-electron chi connectivity index (χ3n) is 8.08. The van der Waals surface area contributed by atoms with Crippen LogP contribution in [0.15, 0.2) is 85.1 Å². The van der Waals surface area contributed by atoms with Crippen molar-refractivity contribution in [2.75, 3.05) is 13.2 Å². The van der Waals surface area contributed by atoms with Crippen molar-refractivity contribution in [1.29, 1.82) is 0 Å². The molecule has 0 aliphatic carbocycles. The number of esters is 2. The minimum Gasteiger partial charge on any atom is -0.462 e. The lowest BCUT2D eigenvalue weighted by atomic mass is 10.1. The van der Waals surface area contributed by atoms with E-state index in [1.165, 1.54) is 57.8 Å². The van der Waals surface area contributed by atoms with Gasteiger partial charge in [-0.1, -0.05) is 144 Å². The van der Waals surface area contributed by atoms with Gasteiger partial charge in [0.2, 0.25) is 0 Å². The first kappa shape index (κ1) is 51.1. The van der Waals surface area contributed by atoms with Gasteiger partial charge in [0.25, 0.3) is 0 Å². The molecule has 0 aromatic carbocycles. The van der Waals surface area contributed by atoms with Crippen LogP contribution >= 0.6 is 7.82 Å². The molecule has 0 aromatic rings. The van der Waals surface area contributed by atoms with Gasteiger partial charge in [-0.3, -0.25) is 14.1 Å². The summed E-state index contributed by atoms with van der Waals surface area (Å²) in [5, 5.41) is 20.1. The minimum absolute atomic E-state index is 0.00803. The van der Waals surface area contributed by atoms with Crippen LogP contribution in [0.2, 0.25) is 0 Å². The molecule has 0 aliphatic heterocycles. The van der Waals surface area contributed by atoms with Crippen LogP contribution in [0.4, 0.5) is 0 Å². The van der Waals surface area contributed by atoms with Crippen molar-refractivity contribution in [1.82, 2.24) is 0 Å². The number of rotatable bonds is 35. The molecule has 0 aromatic heterocycles. The molecular weight excluding hydrogens is 707 g/mol. The quantitative estimate of drug-likeness (QED) is 0.0160. The second-order valence-electron chi connectivity index (χ2n) is 13.3. The van der Waals surface area contributed by atoms with E-state index in [4.69, 9.17) is 19.3 Å². The van der Waals surface area contributed by atoms with Crippen molar-refractivity contribution in [3.8, 4) is 0 Å². The van der Waals surface area contributed by atoms with Gasteiger partial charge >= 0.3 is 19.8 Å². The molecule has 0 saturated heterocycles. The maximum atomic E-state index is 12.4. The second-order valence-corrected chi connectivity index (χ2v) is 14.5. The number of unbranched alkanes of at least 4 members (excludes halogenated alkanes) is 10. The molecule has 0 unspecified atom stereocenters. The van der Waals surface area contributed by atoms with Crippen molar-refractivity contribution in [2.45, 2.75) is 161 Å². The van der Waals surface area contributed by atoms with Crippen LogP contribution in [0.3, 0.4) is 0 Å². The lowest BCUT2D eigenvalue weighted by molar-refractivity contribution is -0.161. The van der Waals surface area contributed by atoms with E-state index >= 15 is 0 Å². The summed E-state index contributed by atoms with van der Waals surface area (Å²) >= 11 is 0. The summed E-state index contributed by atoms with van der Waals surface area (Å²) in [5.41, 5.74) is 0. The zero-order chi connectivity index (χ0) is 40.0. The standard InChI is InChI=1S/C43H71O10P/c1-3-5-7-9-11-12-13-14-15-16-17-18-19-20-21-23-29-35-43(47)53-41(38-52-54(48,49)50)37-51-42(46)36-30-34-40(45)33-28-25-24-27-32-39(44)31-26-22-10-8-6-4-2/h14-15,17-18,20-22,24-28,32-33,39-41,44-45H,3-13,16,19,23,29-31,34-38H2,1-2H3,(H2,48,49,50)/b15-14-,18-17-,21-20-,25-24+,26-22-,32-27+,33-28-/t39-,40-,41-/m1/s1. The number of aliphatic hydroxyl groups is 2. The average Bonchev–Trinajstić information content (AvgIpc) is 3.13. The Labute approximate surface area is 326 Å². The number of carbonyl (C=O) groups excluding carboxylic acids is 2. The molecule has 4 N–H and O–H groups in total. The number of phosphoric ester groups is 1. The normalized spacial score (nSPS) is 14.6. The van der Waals surface area contributed by atoms with E-state index in [0.717, 1.165) is 25.7 Å². The summed E-state index contributed by atoms with van der Waals surface area (Å²) in [4.78, 5) is 42.8. The fraction of sp³-hybridized carbons (Fsp3) is 0.628. The maximum absolute atomic E-state index is 12.4. The first-order valence-electron chi connectivity index (χ1n) is 20.1. The maximum Gasteiger partial charge on any atom is 0.469 e. The fourth-order valence-electron chi connectivity index (χ4n) is 4.99. The van der Waals surface area contributed by atoms with Gasteiger partial charge in [-0.25, -0.2) is 4.57 Å². The number of carbonyl (C=O) groups is 2. The number of allylic oxidation sites excluding steroid dienone is 11. The summed E-state index contributed by atoms with van der Waals surface area (Å²) < 4.78 is 26.1. The van der Waals surface area contributed by atoms with Gasteiger partial charge in [0, 0.05) is 12.8 Å².